The van der Waals surface area contributed by atoms with Gasteiger partial charge in [0, 0.05) is 24.5 Å². The third-order valence-electron chi connectivity index (χ3n) is 3.43. The Morgan fingerprint density at radius 3 is 3.11 bits per heavy atom. The molecule has 0 spiro atoms. The lowest BCUT2D eigenvalue weighted by molar-refractivity contribution is -0.128. The first kappa shape index (κ1) is 12.8. The van der Waals surface area contributed by atoms with Gasteiger partial charge in [0.25, 0.3) is 0 Å². The first-order valence-electron chi connectivity index (χ1n) is 6.61. The maximum absolute atomic E-state index is 12.4. The molecule has 2 heterocycles. The van der Waals surface area contributed by atoms with E-state index >= 15 is 0 Å². The Kier molecular flexibility index (Phi) is 4.13. The van der Waals surface area contributed by atoms with Gasteiger partial charge >= 0.3 is 0 Å². The number of allylic oxidation sites excluding steroid dienone is 1. The lowest BCUT2D eigenvalue weighted by Crippen LogP contribution is -2.31. The van der Waals surface area contributed by atoms with Crippen LogP contribution in [0.4, 0.5) is 0 Å². The van der Waals surface area contributed by atoms with Gasteiger partial charge in [-0.25, -0.2) is 0 Å². The van der Waals surface area contributed by atoms with Crippen molar-refractivity contribution in [3.05, 3.63) is 41.7 Å². The molecule has 0 aromatic carbocycles. The Morgan fingerprint density at radius 2 is 2.44 bits per heavy atom. The maximum atomic E-state index is 12.4. The highest BCUT2D eigenvalue weighted by Gasteiger charge is 2.30. The number of carbonyl (C=O) groups is 1. The molecule has 0 N–H and O–H groups in total. The van der Waals surface area contributed by atoms with Gasteiger partial charge in [-0.1, -0.05) is 19.1 Å². The van der Waals surface area contributed by atoms with Gasteiger partial charge in [-0.15, -0.1) is 0 Å². The van der Waals surface area contributed by atoms with Crippen molar-refractivity contribution in [1.82, 2.24) is 9.88 Å². The van der Waals surface area contributed by atoms with Gasteiger partial charge in [-0.3, -0.25) is 9.78 Å². The van der Waals surface area contributed by atoms with Crippen molar-refractivity contribution in [3.8, 4) is 0 Å². The molecule has 3 nitrogen and oxygen atoms in total. The third kappa shape index (κ3) is 2.61. The minimum atomic E-state index is 0.170. The fourth-order valence-electron chi connectivity index (χ4n) is 2.55. The Hall–Kier alpha value is -1.64. The van der Waals surface area contributed by atoms with Crippen molar-refractivity contribution >= 4 is 5.91 Å². The summed E-state index contributed by atoms with van der Waals surface area (Å²) < 4.78 is 0. The summed E-state index contributed by atoms with van der Waals surface area (Å²) in [6.45, 7) is 4.82. The highest BCUT2D eigenvalue weighted by atomic mass is 16.2. The van der Waals surface area contributed by atoms with E-state index in [0.717, 1.165) is 36.9 Å². The second kappa shape index (κ2) is 5.80. The van der Waals surface area contributed by atoms with E-state index in [2.05, 4.69) is 18.0 Å². The average Bonchev–Trinajstić information content (AvgIpc) is 2.88. The largest absolute Gasteiger partial charge is 0.332 e. The fourth-order valence-corrected chi connectivity index (χ4v) is 2.55. The first-order valence-corrected chi connectivity index (χ1v) is 6.61. The van der Waals surface area contributed by atoms with Gasteiger partial charge in [0.15, 0.2) is 0 Å². The van der Waals surface area contributed by atoms with Crippen molar-refractivity contribution in [3.63, 3.8) is 0 Å². The number of hydrogen-bond donors (Lipinski definition) is 0. The number of carbonyl (C=O) groups excluding carboxylic acids is 1. The molecule has 1 unspecified atom stereocenters. The molecular formula is C15H20N2O. The standard InChI is InChI=1S/C15H20N2O/c1-3-6-12(2)15(18)17-10-5-8-14(17)13-7-4-9-16-11-13/h4,6-7,9,11,14H,3,5,8,10H2,1-2H3/b12-6+. The Labute approximate surface area is 109 Å². The van der Waals surface area contributed by atoms with Crippen LogP contribution in [0.2, 0.25) is 0 Å². The number of amides is 1. The molecule has 1 saturated heterocycles. The molecule has 0 bridgehead atoms. The summed E-state index contributed by atoms with van der Waals surface area (Å²) in [7, 11) is 0. The summed E-state index contributed by atoms with van der Waals surface area (Å²) in [5.41, 5.74) is 2.00. The van der Waals surface area contributed by atoms with Crippen LogP contribution in [0.1, 0.15) is 44.7 Å². The highest BCUT2D eigenvalue weighted by Crippen LogP contribution is 2.32. The van der Waals surface area contributed by atoms with Crippen molar-refractivity contribution in [2.45, 2.75) is 39.2 Å². The molecule has 3 heteroatoms. The minimum Gasteiger partial charge on any atom is -0.332 e. The van der Waals surface area contributed by atoms with Gasteiger partial charge < -0.3 is 4.90 Å². The van der Waals surface area contributed by atoms with E-state index in [0.29, 0.717) is 0 Å². The molecule has 0 radical (unpaired) electrons. The molecule has 1 aromatic heterocycles. The van der Waals surface area contributed by atoms with Gasteiger partial charge in [0.2, 0.25) is 5.91 Å². The topological polar surface area (TPSA) is 33.2 Å². The minimum absolute atomic E-state index is 0.170. The van der Waals surface area contributed by atoms with Crippen molar-refractivity contribution < 1.29 is 4.79 Å². The van der Waals surface area contributed by atoms with Crippen LogP contribution in [0.5, 0.6) is 0 Å². The number of nitrogens with zero attached hydrogens (tertiary/aromatic N) is 2. The van der Waals surface area contributed by atoms with Crippen LogP contribution in [-0.4, -0.2) is 22.3 Å². The van der Waals surface area contributed by atoms with Crippen LogP contribution >= 0.6 is 0 Å². The molecule has 1 aliphatic rings. The molecule has 1 fully saturated rings. The highest BCUT2D eigenvalue weighted by molar-refractivity contribution is 5.93. The normalized spacial score (nSPS) is 20.2. The van der Waals surface area contributed by atoms with Crippen molar-refractivity contribution in [2.75, 3.05) is 6.54 Å². The second-order valence-corrected chi connectivity index (χ2v) is 4.74. The van der Waals surface area contributed by atoms with Crippen molar-refractivity contribution in [1.29, 1.82) is 0 Å². The Bertz CT molecular complexity index is 439. The summed E-state index contributed by atoms with van der Waals surface area (Å²) in [4.78, 5) is 18.5. The van der Waals surface area contributed by atoms with Crippen LogP contribution in [0.25, 0.3) is 0 Å². The zero-order chi connectivity index (χ0) is 13.0. The van der Waals surface area contributed by atoms with Crippen LogP contribution in [-0.2, 0) is 4.79 Å². The van der Waals surface area contributed by atoms with E-state index in [9.17, 15) is 4.79 Å². The average molecular weight is 244 g/mol. The molecule has 1 atom stereocenters. The number of likely N-dealkylation sites (tertiary alicyclic amines) is 1. The molecule has 2 rings (SSSR count). The predicted octanol–water partition coefficient (Wildman–Crippen LogP) is 3.10. The van der Waals surface area contributed by atoms with E-state index < -0.39 is 0 Å². The zero-order valence-corrected chi connectivity index (χ0v) is 11.1. The SMILES string of the molecule is CC/C=C(\C)C(=O)N1CCCC1c1cccnc1. The summed E-state index contributed by atoms with van der Waals surface area (Å²) >= 11 is 0. The molecule has 96 valence electrons. The molecular weight excluding hydrogens is 224 g/mol. The smallest absolute Gasteiger partial charge is 0.249 e. The zero-order valence-electron chi connectivity index (χ0n) is 11.1. The second-order valence-electron chi connectivity index (χ2n) is 4.74. The molecule has 18 heavy (non-hydrogen) atoms. The molecule has 1 aromatic rings. The van der Waals surface area contributed by atoms with Crippen molar-refractivity contribution in [2.24, 2.45) is 0 Å². The quantitative estimate of drug-likeness (QED) is 0.765. The number of hydrogen-bond acceptors (Lipinski definition) is 2. The van der Waals surface area contributed by atoms with Gasteiger partial charge in [-0.2, -0.15) is 0 Å². The van der Waals surface area contributed by atoms with Crippen LogP contribution < -0.4 is 0 Å². The summed E-state index contributed by atoms with van der Waals surface area (Å²) in [5.74, 6) is 0.170. The molecule has 1 amide bonds. The van der Waals surface area contributed by atoms with Gasteiger partial charge in [0.05, 0.1) is 6.04 Å². The number of aromatic nitrogens is 1. The van der Waals surface area contributed by atoms with E-state index in [1.54, 1.807) is 6.20 Å². The fraction of sp³-hybridized carbons (Fsp3) is 0.467. The Balaban J connectivity index is 2.18. The van der Waals surface area contributed by atoms with Crippen LogP contribution in [0, 0.1) is 0 Å². The third-order valence-corrected chi connectivity index (χ3v) is 3.43. The van der Waals surface area contributed by atoms with Gasteiger partial charge in [-0.05, 0) is 37.8 Å². The van der Waals surface area contributed by atoms with E-state index in [1.807, 2.05) is 30.2 Å². The lowest BCUT2D eigenvalue weighted by Gasteiger charge is -2.25. The Morgan fingerprint density at radius 1 is 1.61 bits per heavy atom. The number of rotatable bonds is 3. The van der Waals surface area contributed by atoms with Gasteiger partial charge in [0.1, 0.15) is 0 Å². The number of pyridine rings is 1. The van der Waals surface area contributed by atoms with E-state index in [-0.39, 0.29) is 11.9 Å². The monoisotopic (exact) mass is 244 g/mol. The summed E-state index contributed by atoms with van der Waals surface area (Å²) in [5, 5.41) is 0. The van der Waals surface area contributed by atoms with Crippen LogP contribution in [0.3, 0.4) is 0 Å². The first-order chi connectivity index (χ1) is 8.74. The maximum Gasteiger partial charge on any atom is 0.249 e. The lowest BCUT2D eigenvalue weighted by atomic mass is 10.1. The summed E-state index contributed by atoms with van der Waals surface area (Å²) in [6.07, 6.45) is 8.66. The molecule has 0 saturated carbocycles. The molecule has 0 aliphatic carbocycles. The summed E-state index contributed by atoms with van der Waals surface area (Å²) in [6, 6.07) is 4.19. The van der Waals surface area contributed by atoms with Crippen LogP contribution in [0.15, 0.2) is 36.2 Å². The molecule has 1 aliphatic heterocycles. The predicted molar refractivity (Wildman–Crippen MR) is 72.0 cm³/mol. The van der Waals surface area contributed by atoms with E-state index in [4.69, 9.17) is 0 Å². The van der Waals surface area contributed by atoms with E-state index in [1.165, 1.54) is 0 Å².